The molecule has 4 nitrogen and oxygen atoms in total. The summed E-state index contributed by atoms with van der Waals surface area (Å²) in [6, 6.07) is 15.0. The van der Waals surface area contributed by atoms with Crippen LogP contribution in [0, 0.1) is 23.1 Å². The molecular weight excluding hydrogens is 331 g/mol. The molecule has 2 fully saturated rings. The van der Waals surface area contributed by atoms with Gasteiger partial charge in [0.15, 0.2) is 0 Å². The zero-order chi connectivity index (χ0) is 18.3. The summed E-state index contributed by atoms with van der Waals surface area (Å²) >= 11 is 0. The summed E-state index contributed by atoms with van der Waals surface area (Å²) < 4.78 is 14.3. The number of halogens is 1. The highest BCUT2D eigenvalue weighted by molar-refractivity contribution is 5.84. The van der Waals surface area contributed by atoms with E-state index in [-0.39, 0.29) is 30.2 Å². The van der Waals surface area contributed by atoms with Crippen LogP contribution >= 0.6 is 0 Å². The van der Waals surface area contributed by atoms with Gasteiger partial charge in [-0.05, 0) is 30.0 Å². The Balaban J connectivity index is 1.75. The van der Waals surface area contributed by atoms with E-state index in [2.05, 4.69) is 6.07 Å². The number of nitriles is 1. The zero-order valence-corrected chi connectivity index (χ0v) is 14.2. The van der Waals surface area contributed by atoms with Crippen molar-refractivity contribution in [1.29, 1.82) is 5.26 Å². The van der Waals surface area contributed by atoms with Crippen LogP contribution in [0.1, 0.15) is 24.3 Å². The van der Waals surface area contributed by atoms with Crippen LogP contribution in [-0.2, 0) is 4.79 Å². The maximum absolute atomic E-state index is 14.3. The molecule has 1 saturated heterocycles. The third-order valence-electron chi connectivity index (χ3n) is 5.40. The number of carbonyl (C=O) groups excluding carboxylic acids is 1. The van der Waals surface area contributed by atoms with E-state index >= 15 is 0 Å². The lowest BCUT2D eigenvalue weighted by atomic mass is 9.73. The minimum atomic E-state index is -0.631. The summed E-state index contributed by atoms with van der Waals surface area (Å²) in [7, 11) is 0. The number of likely N-dealkylation sites (tertiary alicyclic amines) is 1. The highest BCUT2D eigenvalue weighted by atomic mass is 19.1. The second-order valence-corrected chi connectivity index (χ2v) is 6.94. The molecule has 0 radical (unpaired) electrons. The summed E-state index contributed by atoms with van der Waals surface area (Å²) in [5, 5.41) is 19.6. The predicted octanol–water partition coefficient (Wildman–Crippen LogP) is 3.08. The Hall–Kier alpha value is -2.71. The second-order valence-electron chi connectivity index (χ2n) is 6.94. The molecule has 4 rings (SSSR count). The Bertz CT molecular complexity index is 888. The molecule has 1 saturated carbocycles. The first kappa shape index (κ1) is 16.7. The van der Waals surface area contributed by atoms with Gasteiger partial charge in [0.25, 0.3) is 0 Å². The number of carbonyl (C=O) groups is 1. The van der Waals surface area contributed by atoms with E-state index in [0.29, 0.717) is 11.1 Å². The summed E-state index contributed by atoms with van der Waals surface area (Å²) in [5.41, 5.74) is 1.96. The van der Waals surface area contributed by atoms with Crippen LogP contribution in [0.2, 0.25) is 0 Å². The third-order valence-corrected chi connectivity index (χ3v) is 5.40. The van der Waals surface area contributed by atoms with Crippen molar-refractivity contribution >= 4 is 5.91 Å². The predicted molar refractivity (Wildman–Crippen MR) is 94.4 cm³/mol. The lowest BCUT2D eigenvalue weighted by Crippen LogP contribution is -2.65. The van der Waals surface area contributed by atoms with Crippen molar-refractivity contribution < 1.29 is 14.3 Å². The van der Waals surface area contributed by atoms with Crippen LogP contribution in [0.5, 0.6) is 0 Å². The van der Waals surface area contributed by atoms with Gasteiger partial charge < -0.3 is 10.0 Å². The van der Waals surface area contributed by atoms with E-state index in [1.54, 1.807) is 18.2 Å². The molecule has 0 aromatic heterocycles. The molecule has 5 heteroatoms. The number of rotatable bonds is 4. The molecule has 1 aliphatic heterocycles. The molecule has 132 valence electrons. The van der Waals surface area contributed by atoms with Gasteiger partial charge in [-0.25, -0.2) is 4.39 Å². The molecule has 2 aliphatic rings. The second kappa shape index (κ2) is 6.54. The first-order valence-electron chi connectivity index (χ1n) is 8.84. The lowest BCUT2D eigenvalue weighted by Gasteiger charge is -2.52. The maximum atomic E-state index is 14.3. The number of amides is 1. The SMILES string of the molecule is N#C[C@@H]1[C@@H](c2ccccc2-c2ccccc2F)[C@H](CO)N1C(=O)C1CC1. The Morgan fingerprint density at radius 1 is 1.15 bits per heavy atom. The minimum absolute atomic E-state index is 0.0114. The van der Waals surface area contributed by atoms with E-state index in [1.807, 2.05) is 24.3 Å². The van der Waals surface area contributed by atoms with Gasteiger partial charge in [-0.2, -0.15) is 5.26 Å². The fourth-order valence-electron chi connectivity index (χ4n) is 3.94. The standard InChI is InChI=1S/C21H19FN2O2/c22-17-8-4-3-6-15(17)14-5-1-2-7-16(14)20-18(11-23)24(19(20)12-25)21(26)13-9-10-13/h1-8,13,18-20,25H,9-10,12H2/t18-,19+,20-/m1/s1. The normalized spacial score (nSPS) is 24.7. The molecule has 1 amide bonds. The van der Waals surface area contributed by atoms with Gasteiger partial charge in [-0.1, -0.05) is 42.5 Å². The first-order valence-corrected chi connectivity index (χ1v) is 8.84. The van der Waals surface area contributed by atoms with Crippen molar-refractivity contribution in [1.82, 2.24) is 4.90 Å². The smallest absolute Gasteiger partial charge is 0.227 e. The molecule has 0 spiro atoms. The Labute approximate surface area is 151 Å². The van der Waals surface area contributed by atoms with Crippen LogP contribution in [0.25, 0.3) is 11.1 Å². The van der Waals surface area contributed by atoms with Crippen LogP contribution in [-0.4, -0.2) is 34.6 Å². The summed E-state index contributed by atoms with van der Waals surface area (Å²) in [6.07, 6.45) is 1.70. The van der Waals surface area contributed by atoms with Gasteiger partial charge in [0.1, 0.15) is 11.9 Å². The molecular formula is C21H19FN2O2. The molecule has 0 unspecified atom stereocenters. The van der Waals surface area contributed by atoms with Crippen molar-refractivity contribution in [3.63, 3.8) is 0 Å². The molecule has 1 aliphatic carbocycles. The number of aliphatic hydroxyl groups excluding tert-OH is 1. The Kier molecular flexibility index (Phi) is 4.21. The van der Waals surface area contributed by atoms with Crippen LogP contribution < -0.4 is 0 Å². The van der Waals surface area contributed by atoms with Gasteiger partial charge in [-0.3, -0.25) is 4.79 Å². The number of benzene rings is 2. The summed E-state index contributed by atoms with van der Waals surface area (Å²) in [4.78, 5) is 14.0. The van der Waals surface area contributed by atoms with Gasteiger partial charge in [-0.15, -0.1) is 0 Å². The maximum Gasteiger partial charge on any atom is 0.227 e. The van der Waals surface area contributed by atoms with Crippen LogP contribution in [0.3, 0.4) is 0 Å². The van der Waals surface area contributed by atoms with Gasteiger partial charge in [0.05, 0.1) is 18.7 Å². The summed E-state index contributed by atoms with van der Waals surface area (Å²) in [6.45, 7) is -0.215. The van der Waals surface area contributed by atoms with Crippen molar-refractivity contribution in [3.8, 4) is 17.2 Å². The number of nitrogens with zero attached hydrogens (tertiary/aromatic N) is 2. The average Bonchev–Trinajstić information content (AvgIpc) is 3.48. The molecule has 1 N–H and O–H groups in total. The quantitative estimate of drug-likeness (QED) is 0.922. The van der Waals surface area contributed by atoms with Crippen molar-refractivity contribution in [3.05, 3.63) is 59.9 Å². The molecule has 26 heavy (non-hydrogen) atoms. The fourth-order valence-corrected chi connectivity index (χ4v) is 3.94. The van der Waals surface area contributed by atoms with Gasteiger partial charge >= 0.3 is 0 Å². The van der Waals surface area contributed by atoms with Crippen LogP contribution in [0.4, 0.5) is 4.39 Å². The first-order chi connectivity index (χ1) is 12.7. The number of hydrogen-bond donors (Lipinski definition) is 1. The van der Waals surface area contributed by atoms with E-state index in [0.717, 1.165) is 18.4 Å². The molecule has 3 atom stereocenters. The van der Waals surface area contributed by atoms with Crippen LogP contribution in [0.15, 0.2) is 48.5 Å². The number of aliphatic hydroxyl groups is 1. The minimum Gasteiger partial charge on any atom is -0.394 e. The molecule has 0 bridgehead atoms. The fraction of sp³-hybridized carbons (Fsp3) is 0.333. The highest BCUT2D eigenvalue weighted by Gasteiger charge is 2.54. The van der Waals surface area contributed by atoms with Crippen molar-refractivity contribution in [2.45, 2.75) is 30.8 Å². The zero-order valence-electron chi connectivity index (χ0n) is 14.2. The monoisotopic (exact) mass is 350 g/mol. The van der Waals surface area contributed by atoms with E-state index in [1.165, 1.54) is 11.0 Å². The third kappa shape index (κ3) is 2.58. The van der Waals surface area contributed by atoms with Gasteiger partial charge in [0, 0.05) is 17.4 Å². The molecule has 2 aromatic rings. The largest absolute Gasteiger partial charge is 0.394 e. The van der Waals surface area contributed by atoms with Crippen molar-refractivity contribution in [2.75, 3.05) is 6.61 Å². The average molecular weight is 350 g/mol. The Morgan fingerprint density at radius 3 is 2.42 bits per heavy atom. The van der Waals surface area contributed by atoms with E-state index in [4.69, 9.17) is 0 Å². The highest BCUT2D eigenvalue weighted by Crippen LogP contribution is 2.46. The Morgan fingerprint density at radius 2 is 1.81 bits per heavy atom. The summed E-state index contributed by atoms with van der Waals surface area (Å²) in [5.74, 6) is -0.722. The topological polar surface area (TPSA) is 64.3 Å². The van der Waals surface area contributed by atoms with E-state index < -0.39 is 12.1 Å². The van der Waals surface area contributed by atoms with Gasteiger partial charge in [0.2, 0.25) is 5.91 Å². The number of hydrogen-bond acceptors (Lipinski definition) is 3. The van der Waals surface area contributed by atoms with E-state index in [9.17, 15) is 19.6 Å². The molecule has 2 aromatic carbocycles. The van der Waals surface area contributed by atoms with Crippen molar-refractivity contribution in [2.24, 2.45) is 5.92 Å². The lowest BCUT2D eigenvalue weighted by molar-refractivity contribution is -0.148. The molecule has 1 heterocycles.